The molecule has 1 aliphatic heterocycles. The molecule has 0 aromatic heterocycles. The van der Waals surface area contributed by atoms with E-state index in [4.69, 9.17) is 15.2 Å². The van der Waals surface area contributed by atoms with E-state index >= 15 is 0 Å². The van der Waals surface area contributed by atoms with Crippen molar-refractivity contribution in [3.8, 4) is 0 Å². The quantitative estimate of drug-likeness (QED) is 0.655. The summed E-state index contributed by atoms with van der Waals surface area (Å²) in [5.74, 6) is 0. The van der Waals surface area contributed by atoms with E-state index in [-0.39, 0.29) is 12.1 Å². The molecule has 1 atom stereocenters. The van der Waals surface area contributed by atoms with Crippen LogP contribution < -0.4 is 11.1 Å². The Morgan fingerprint density at radius 2 is 2.40 bits per heavy atom. The molecule has 86 valence electrons. The summed E-state index contributed by atoms with van der Waals surface area (Å²) >= 11 is 0. The van der Waals surface area contributed by atoms with Gasteiger partial charge in [-0.15, -0.1) is 0 Å². The van der Waals surface area contributed by atoms with Crippen LogP contribution in [0.5, 0.6) is 0 Å². The van der Waals surface area contributed by atoms with Crippen LogP contribution in [0.2, 0.25) is 0 Å². The SMILES string of the molecule is CC(C)(C)OC(=O)NC1=NCC(CN)O1. The second kappa shape index (κ2) is 4.48. The van der Waals surface area contributed by atoms with Crippen molar-refractivity contribution in [2.24, 2.45) is 10.7 Å². The van der Waals surface area contributed by atoms with Gasteiger partial charge in [0.25, 0.3) is 6.02 Å². The number of nitrogens with zero attached hydrogens (tertiary/aromatic N) is 1. The number of nitrogens with one attached hydrogen (secondary N) is 1. The van der Waals surface area contributed by atoms with E-state index in [1.165, 1.54) is 0 Å². The van der Waals surface area contributed by atoms with Crippen LogP contribution in [0.1, 0.15) is 20.8 Å². The summed E-state index contributed by atoms with van der Waals surface area (Å²) in [7, 11) is 0. The van der Waals surface area contributed by atoms with Crippen LogP contribution in [0.4, 0.5) is 4.79 Å². The summed E-state index contributed by atoms with van der Waals surface area (Å²) in [4.78, 5) is 15.2. The molecule has 0 radical (unpaired) electrons. The van der Waals surface area contributed by atoms with Crippen LogP contribution in [-0.2, 0) is 9.47 Å². The predicted octanol–water partition coefficient (Wildman–Crippen LogP) is 0.225. The molecule has 3 N–H and O–H groups in total. The van der Waals surface area contributed by atoms with Crippen LogP contribution in [0.15, 0.2) is 4.99 Å². The van der Waals surface area contributed by atoms with Gasteiger partial charge in [-0.3, -0.25) is 0 Å². The minimum atomic E-state index is -0.570. The van der Waals surface area contributed by atoms with Crippen molar-refractivity contribution >= 4 is 12.1 Å². The highest BCUT2D eigenvalue weighted by Crippen LogP contribution is 2.07. The first-order valence-electron chi connectivity index (χ1n) is 4.82. The van der Waals surface area contributed by atoms with E-state index in [0.29, 0.717) is 13.1 Å². The second-order valence-electron chi connectivity index (χ2n) is 4.25. The van der Waals surface area contributed by atoms with E-state index in [9.17, 15) is 4.79 Å². The van der Waals surface area contributed by atoms with Gasteiger partial charge < -0.3 is 15.2 Å². The number of hydrogen-bond donors (Lipinski definition) is 2. The molecule has 1 heterocycles. The Labute approximate surface area is 88.8 Å². The zero-order valence-corrected chi connectivity index (χ0v) is 9.24. The van der Waals surface area contributed by atoms with Crippen molar-refractivity contribution in [2.75, 3.05) is 13.1 Å². The van der Waals surface area contributed by atoms with Crippen LogP contribution in [-0.4, -0.2) is 36.9 Å². The number of carbonyl (C=O) groups excluding carboxylic acids is 1. The fraction of sp³-hybridized carbons (Fsp3) is 0.778. The third kappa shape index (κ3) is 4.16. The summed E-state index contributed by atoms with van der Waals surface area (Å²) in [6.45, 7) is 6.20. The van der Waals surface area contributed by atoms with Crippen molar-refractivity contribution in [3.63, 3.8) is 0 Å². The number of carbonyl (C=O) groups is 1. The third-order valence-corrected chi connectivity index (χ3v) is 1.59. The van der Waals surface area contributed by atoms with E-state index < -0.39 is 11.7 Å². The van der Waals surface area contributed by atoms with Crippen molar-refractivity contribution < 1.29 is 14.3 Å². The molecule has 0 saturated heterocycles. The molecule has 15 heavy (non-hydrogen) atoms. The fourth-order valence-corrected chi connectivity index (χ4v) is 1.000. The molecule has 6 nitrogen and oxygen atoms in total. The van der Waals surface area contributed by atoms with Gasteiger partial charge in [-0.2, -0.15) is 0 Å². The molecule has 0 aromatic rings. The molecule has 0 spiro atoms. The Balaban J connectivity index is 2.34. The van der Waals surface area contributed by atoms with Gasteiger partial charge in [-0.25, -0.2) is 15.1 Å². The lowest BCUT2D eigenvalue weighted by Gasteiger charge is -2.19. The van der Waals surface area contributed by atoms with Crippen LogP contribution >= 0.6 is 0 Å². The Kier molecular flexibility index (Phi) is 3.52. The molecule has 0 aromatic carbocycles. The molecule has 6 heteroatoms. The smallest absolute Gasteiger partial charge is 0.415 e. The molecule has 0 saturated carbocycles. The first-order chi connectivity index (χ1) is 6.90. The summed E-state index contributed by atoms with van der Waals surface area (Å²) in [6.07, 6.45) is -0.714. The first-order valence-corrected chi connectivity index (χ1v) is 4.82. The average Bonchev–Trinajstić information content (AvgIpc) is 2.48. The fourth-order valence-electron chi connectivity index (χ4n) is 1.000. The van der Waals surface area contributed by atoms with Gasteiger partial charge in [0, 0.05) is 6.54 Å². The molecular weight excluding hydrogens is 198 g/mol. The molecule has 0 fully saturated rings. The zero-order chi connectivity index (χ0) is 11.5. The topological polar surface area (TPSA) is 85.9 Å². The number of amides is 1. The number of aliphatic imine (C=N–C) groups is 1. The maximum atomic E-state index is 11.3. The zero-order valence-electron chi connectivity index (χ0n) is 9.24. The van der Waals surface area contributed by atoms with E-state index in [2.05, 4.69) is 10.3 Å². The molecule has 1 rings (SSSR count). The molecule has 1 aliphatic rings. The number of nitrogens with two attached hydrogens (primary N) is 1. The van der Waals surface area contributed by atoms with Gasteiger partial charge in [0.2, 0.25) is 0 Å². The minimum Gasteiger partial charge on any atom is -0.458 e. The molecule has 0 bridgehead atoms. The van der Waals surface area contributed by atoms with Gasteiger partial charge >= 0.3 is 6.09 Å². The van der Waals surface area contributed by atoms with Gasteiger partial charge in [-0.05, 0) is 20.8 Å². The highest BCUT2D eigenvalue weighted by atomic mass is 16.6. The van der Waals surface area contributed by atoms with Crippen LogP contribution in [0, 0.1) is 0 Å². The number of ether oxygens (including phenoxy) is 2. The number of hydrogen-bond acceptors (Lipinski definition) is 5. The Hall–Kier alpha value is -1.30. The van der Waals surface area contributed by atoms with Crippen LogP contribution in [0.25, 0.3) is 0 Å². The summed E-state index contributed by atoms with van der Waals surface area (Å²) < 4.78 is 10.2. The van der Waals surface area contributed by atoms with Crippen molar-refractivity contribution in [1.82, 2.24) is 5.32 Å². The van der Waals surface area contributed by atoms with E-state index in [0.717, 1.165) is 0 Å². The lowest BCUT2D eigenvalue weighted by Crippen LogP contribution is -2.37. The maximum Gasteiger partial charge on any atom is 0.415 e. The largest absolute Gasteiger partial charge is 0.458 e. The highest BCUT2D eigenvalue weighted by molar-refractivity contribution is 5.91. The molecule has 1 unspecified atom stereocenters. The number of rotatable bonds is 1. The Bertz CT molecular complexity index is 270. The lowest BCUT2D eigenvalue weighted by molar-refractivity contribution is 0.0547. The minimum absolute atomic E-state index is 0.144. The predicted molar refractivity (Wildman–Crippen MR) is 55.6 cm³/mol. The summed E-state index contributed by atoms with van der Waals surface area (Å²) in [5, 5.41) is 2.41. The Morgan fingerprint density at radius 3 is 2.87 bits per heavy atom. The Morgan fingerprint density at radius 1 is 1.73 bits per heavy atom. The molecular formula is C9H17N3O3. The van der Waals surface area contributed by atoms with Crippen molar-refractivity contribution in [2.45, 2.75) is 32.5 Å². The normalized spacial score (nSPS) is 20.5. The van der Waals surface area contributed by atoms with E-state index in [1.54, 1.807) is 20.8 Å². The van der Waals surface area contributed by atoms with Crippen LogP contribution in [0.3, 0.4) is 0 Å². The number of alkyl carbamates (subject to hydrolysis) is 1. The number of amidine groups is 1. The first kappa shape index (κ1) is 11.8. The molecule has 1 amide bonds. The summed E-state index contributed by atoms with van der Waals surface area (Å²) in [5.41, 5.74) is 4.86. The van der Waals surface area contributed by atoms with E-state index in [1.807, 2.05) is 0 Å². The maximum absolute atomic E-state index is 11.3. The van der Waals surface area contributed by atoms with Gasteiger partial charge in [-0.1, -0.05) is 0 Å². The third-order valence-electron chi connectivity index (χ3n) is 1.59. The van der Waals surface area contributed by atoms with Gasteiger partial charge in [0.1, 0.15) is 11.7 Å². The monoisotopic (exact) mass is 215 g/mol. The van der Waals surface area contributed by atoms with Crippen molar-refractivity contribution in [3.05, 3.63) is 0 Å². The van der Waals surface area contributed by atoms with Crippen molar-refractivity contribution in [1.29, 1.82) is 0 Å². The average molecular weight is 215 g/mol. The molecule has 0 aliphatic carbocycles. The lowest BCUT2D eigenvalue weighted by atomic mass is 10.2. The standard InChI is InChI=1S/C9H17N3O3/c1-9(2,3)15-8(13)12-7-11-5-6(4-10)14-7/h6H,4-5,10H2,1-3H3,(H,11,12,13). The van der Waals surface area contributed by atoms with Gasteiger partial charge in [0.15, 0.2) is 0 Å². The second-order valence-corrected chi connectivity index (χ2v) is 4.25. The highest BCUT2D eigenvalue weighted by Gasteiger charge is 2.22. The summed E-state index contributed by atoms with van der Waals surface area (Å²) in [6, 6.07) is 0.180. The van der Waals surface area contributed by atoms with Gasteiger partial charge in [0.05, 0.1) is 6.54 Å².